The molecule has 1 fully saturated rings. The largest absolute Gasteiger partial charge is 0.452 e. The zero-order valence-electron chi connectivity index (χ0n) is 19.5. The van der Waals surface area contributed by atoms with Crippen LogP contribution in [-0.4, -0.2) is 21.1 Å². The van der Waals surface area contributed by atoms with Gasteiger partial charge in [0.25, 0.3) is 11.0 Å². The highest BCUT2D eigenvalue weighted by atomic mass is 32.2. The maximum atomic E-state index is 13.8. The van der Waals surface area contributed by atoms with Crippen LogP contribution in [0, 0.1) is 6.92 Å². The van der Waals surface area contributed by atoms with Gasteiger partial charge in [-0.2, -0.15) is 0 Å². The summed E-state index contributed by atoms with van der Waals surface area (Å²) in [4.78, 5) is 41.9. The minimum Gasteiger partial charge on any atom is -0.452 e. The fourth-order valence-electron chi connectivity index (χ4n) is 4.26. The summed E-state index contributed by atoms with van der Waals surface area (Å²) >= 11 is 0.622. The maximum Gasteiger partial charge on any atom is 0.291 e. The molecule has 3 heterocycles. The zero-order valence-corrected chi connectivity index (χ0v) is 20.3. The number of rotatable bonds is 5. The lowest BCUT2D eigenvalue weighted by Gasteiger charge is -2.03. The Bertz CT molecular complexity index is 1730. The molecular formula is C29H18N2O5S. The Morgan fingerprint density at radius 1 is 0.919 bits per heavy atom. The summed E-state index contributed by atoms with van der Waals surface area (Å²) in [6, 6.07) is 24.2. The molecule has 7 nitrogen and oxygen atoms in total. The normalized spacial score (nSPS) is 14.5. The van der Waals surface area contributed by atoms with Crippen LogP contribution >= 0.6 is 11.8 Å². The molecule has 0 spiro atoms. The lowest BCUT2D eigenvalue weighted by molar-refractivity contribution is -0.107. The van der Waals surface area contributed by atoms with Gasteiger partial charge in [0.1, 0.15) is 11.3 Å². The van der Waals surface area contributed by atoms with Crippen LogP contribution in [0.2, 0.25) is 0 Å². The van der Waals surface area contributed by atoms with E-state index < -0.39 is 11.0 Å². The summed E-state index contributed by atoms with van der Waals surface area (Å²) in [5.41, 5.74) is 3.74. The smallest absolute Gasteiger partial charge is 0.291 e. The number of benzene rings is 3. The van der Waals surface area contributed by atoms with Crippen LogP contribution in [0.15, 0.2) is 93.4 Å². The first-order chi connectivity index (χ1) is 18.0. The van der Waals surface area contributed by atoms with Crippen molar-refractivity contribution in [3.63, 3.8) is 0 Å². The van der Waals surface area contributed by atoms with Gasteiger partial charge >= 0.3 is 0 Å². The van der Waals surface area contributed by atoms with E-state index in [1.807, 2.05) is 66.7 Å². The summed E-state index contributed by atoms with van der Waals surface area (Å²) in [5, 5.41) is 2.50. The molecule has 3 aromatic carbocycles. The van der Waals surface area contributed by atoms with Crippen molar-refractivity contribution in [2.45, 2.75) is 6.92 Å². The third-order valence-electron chi connectivity index (χ3n) is 5.97. The molecule has 37 heavy (non-hydrogen) atoms. The van der Waals surface area contributed by atoms with Gasteiger partial charge in [-0.05, 0) is 48.4 Å². The lowest BCUT2D eigenvalue weighted by Crippen LogP contribution is -2.10. The van der Waals surface area contributed by atoms with E-state index in [1.54, 1.807) is 25.1 Å². The van der Waals surface area contributed by atoms with Gasteiger partial charge in [0.05, 0.1) is 5.70 Å². The van der Waals surface area contributed by atoms with Crippen LogP contribution in [-0.2, 0) is 4.79 Å². The average molecular weight is 507 g/mol. The van der Waals surface area contributed by atoms with Gasteiger partial charge in [0.15, 0.2) is 11.5 Å². The molecule has 0 aliphatic carbocycles. The van der Waals surface area contributed by atoms with E-state index in [4.69, 9.17) is 8.83 Å². The first-order valence-corrected chi connectivity index (χ1v) is 12.2. The lowest BCUT2D eigenvalue weighted by atomic mass is 9.98. The number of carbonyl (C=O) groups is 3. The number of aromatic nitrogens is 1. The minimum absolute atomic E-state index is 0.141. The predicted molar refractivity (Wildman–Crippen MR) is 141 cm³/mol. The summed E-state index contributed by atoms with van der Waals surface area (Å²) in [5.74, 6) is 0.492. The maximum absolute atomic E-state index is 13.8. The molecule has 5 aromatic rings. The van der Waals surface area contributed by atoms with Gasteiger partial charge in [0.2, 0.25) is 11.0 Å². The Kier molecular flexibility index (Phi) is 5.58. The highest BCUT2D eigenvalue weighted by molar-refractivity contribution is 8.27. The van der Waals surface area contributed by atoms with Crippen molar-refractivity contribution in [1.29, 1.82) is 0 Å². The van der Waals surface area contributed by atoms with E-state index in [1.165, 1.54) is 0 Å². The van der Waals surface area contributed by atoms with Gasteiger partial charge < -0.3 is 14.2 Å². The van der Waals surface area contributed by atoms with Gasteiger partial charge in [-0.15, -0.1) is 0 Å². The van der Waals surface area contributed by atoms with Gasteiger partial charge in [-0.3, -0.25) is 14.4 Å². The number of oxazole rings is 1. The number of hydrogen-bond donors (Lipinski definition) is 1. The molecule has 0 saturated carbocycles. The van der Waals surface area contributed by atoms with E-state index in [2.05, 4.69) is 10.3 Å². The molecule has 0 atom stereocenters. The molecular weight excluding hydrogens is 488 g/mol. The highest BCUT2D eigenvalue weighted by Gasteiger charge is 2.28. The second kappa shape index (κ2) is 9.07. The predicted octanol–water partition coefficient (Wildman–Crippen LogP) is 6.62. The summed E-state index contributed by atoms with van der Waals surface area (Å²) in [7, 11) is 0. The van der Waals surface area contributed by atoms with Crippen LogP contribution in [0.1, 0.15) is 27.6 Å². The molecule has 180 valence electrons. The van der Waals surface area contributed by atoms with E-state index in [0.29, 0.717) is 45.5 Å². The van der Waals surface area contributed by atoms with E-state index >= 15 is 0 Å². The van der Waals surface area contributed by atoms with Crippen molar-refractivity contribution in [2.75, 3.05) is 0 Å². The summed E-state index contributed by atoms with van der Waals surface area (Å²) in [6.45, 7) is 1.70. The monoisotopic (exact) mass is 506 g/mol. The van der Waals surface area contributed by atoms with Gasteiger partial charge in [-0.25, -0.2) is 4.98 Å². The van der Waals surface area contributed by atoms with Crippen LogP contribution in [0.4, 0.5) is 4.79 Å². The van der Waals surface area contributed by atoms with E-state index in [0.717, 1.165) is 11.1 Å². The fraction of sp³-hybridized carbons (Fsp3) is 0.0345. The Morgan fingerprint density at radius 2 is 1.62 bits per heavy atom. The van der Waals surface area contributed by atoms with Crippen molar-refractivity contribution in [2.24, 2.45) is 0 Å². The van der Waals surface area contributed by atoms with Crippen molar-refractivity contribution in [3.05, 3.63) is 107 Å². The van der Waals surface area contributed by atoms with E-state index in [-0.39, 0.29) is 22.3 Å². The van der Waals surface area contributed by atoms with Crippen molar-refractivity contribution >= 4 is 44.9 Å². The summed E-state index contributed by atoms with van der Waals surface area (Å²) < 4.78 is 11.9. The number of fused-ring (bicyclic) bond motifs is 1. The molecule has 1 aliphatic heterocycles. The Hall–Kier alpha value is -4.69. The minimum atomic E-state index is -0.406. The molecule has 1 aliphatic rings. The number of hydrogen-bond acceptors (Lipinski definition) is 7. The second-order valence-electron chi connectivity index (χ2n) is 8.41. The Balaban J connectivity index is 1.49. The first kappa shape index (κ1) is 22.8. The number of amides is 1. The highest BCUT2D eigenvalue weighted by Crippen LogP contribution is 2.38. The van der Waals surface area contributed by atoms with Crippen molar-refractivity contribution in [1.82, 2.24) is 10.3 Å². The topological polar surface area (TPSA) is 102 Å². The number of thioether (sulfide) groups is 1. The molecule has 2 aromatic heterocycles. The molecule has 0 bridgehead atoms. The Labute approximate surface area is 215 Å². The molecule has 1 amide bonds. The number of nitrogens with one attached hydrogen (secondary N) is 1. The number of furan rings is 1. The van der Waals surface area contributed by atoms with Crippen molar-refractivity contribution in [3.8, 4) is 22.6 Å². The SMILES string of the molecule is Cc1oc(-c2ccccc2)nc1C(=O)c1oc2ccc(C=C3NC(=O)SC3=O)cc2c1-c1ccccc1. The zero-order chi connectivity index (χ0) is 25.5. The fourth-order valence-corrected chi connectivity index (χ4v) is 4.81. The van der Waals surface area contributed by atoms with Crippen LogP contribution in [0.5, 0.6) is 0 Å². The number of aryl methyl sites for hydroxylation is 1. The molecule has 1 saturated heterocycles. The molecule has 6 rings (SSSR count). The average Bonchev–Trinajstić information content (AvgIpc) is 3.58. The standard InChI is InChI=1S/C29H18N2O5S/c1-16-24(31-27(35-16)19-10-6-3-7-11-19)25(32)26-23(18-8-4-2-5-9-18)20-14-17(12-13-22(20)36-26)15-21-28(33)37-29(34)30-21/h2-15H,1H3,(H,30,34). The van der Waals surface area contributed by atoms with Gasteiger partial charge in [0, 0.05) is 28.3 Å². The van der Waals surface area contributed by atoms with Crippen LogP contribution in [0.25, 0.3) is 39.6 Å². The first-order valence-electron chi connectivity index (χ1n) is 11.4. The third-order valence-corrected chi connectivity index (χ3v) is 6.66. The molecule has 0 radical (unpaired) electrons. The molecule has 8 heteroatoms. The van der Waals surface area contributed by atoms with Crippen molar-refractivity contribution < 1.29 is 23.2 Å². The van der Waals surface area contributed by atoms with E-state index in [9.17, 15) is 14.4 Å². The van der Waals surface area contributed by atoms with Gasteiger partial charge in [-0.1, -0.05) is 54.6 Å². The molecule has 0 unspecified atom stereocenters. The number of ketones is 1. The van der Waals surface area contributed by atoms with Crippen LogP contribution < -0.4 is 5.32 Å². The number of carbonyl (C=O) groups excluding carboxylic acids is 3. The second-order valence-corrected chi connectivity index (χ2v) is 9.35. The Morgan fingerprint density at radius 3 is 2.30 bits per heavy atom. The third kappa shape index (κ3) is 4.17. The molecule has 1 N–H and O–H groups in total. The summed E-state index contributed by atoms with van der Waals surface area (Å²) in [6.07, 6.45) is 1.61. The quantitative estimate of drug-likeness (QED) is 0.211. The number of nitrogens with zero attached hydrogens (tertiary/aromatic N) is 1. The van der Waals surface area contributed by atoms with Crippen LogP contribution in [0.3, 0.4) is 0 Å².